The number of ether oxygens (including phenoxy) is 1. The molecule has 1 amide bonds. The van der Waals surface area contributed by atoms with Gasteiger partial charge in [0.25, 0.3) is 5.91 Å². The van der Waals surface area contributed by atoms with Crippen molar-refractivity contribution in [2.24, 2.45) is 0 Å². The highest BCUT2D eigenvalue weighted by atomic mass is 16.5. The number of amides is 1. The number of rotatable bonds is 5. The zero-order chi connectivity index (χ0) is 19.4. The summed E-state index contributed by atoms with van der Waals surface area (Å²) < 4.78 is 5.78. The summed E-state index contributed by atoms with van der Waals surface area (Å²) in [6.45, 7) is 5.72. The highest BCUT2D eigenvalue weighted by Crippen LogP contribution is 2.40. The highest BCUT2D eigenvalue weighted by Gasteiger charge is 2.22. The number of nitrogens with zero attached hydrogens (tertiary/aromatic N) is 3. The SMILES string of the molecule is CCOc1c(C(C)O)cc(C)c(C#N)c1-c1ccc(C(=O)N(C)C)nc1. The molecule has 0 aliphatic rings. The third kappa shape index (κ3) is 3.68. The molecule has 1 unspecified atom stereocenters. The number of hydrogen-bond donors (Lipinski definition) is 1. The molecule has 6 nitrogen and oxygen atoms in total. The number of benzene rings is 1. The second-order valence-corrected chi connectivity index (χ2v) is 6.21. The van der Waals surface area contributed by atoms with Gasteiger partial charge in [-0.3, -0.25) is 9.78 Å². The fourth-order valence-electron chi connectivity index (χ4n) is 2.75. The lowest BCUT2D eigenvalue weighted by atomic mass is 9.91. The average molecular weight is 353 g/mol. The van der Waals surface area contributed by atoms with Crippen molar-refractivity contribution in [1.82, 2.24) is 9.88 Å². The number of pyridine rings is 1. The molecular weight excluding hydrogens is 330 g/mol. The third-order valence-corrected chi connectivity index (χ3v) is 4.03. The van der Waals surface area contributed by atoms with Crippen LogP contribution in [0.1, 0.15) is 47.1 Å². The molecule has 136 valence electrons. The molecule has 2 rings (SSSR count). The van der Waals surface area contributed by atoms with Crippen LogP contribution in [0.3, 0.4) is 0 Å². The minimum absolute atomic E-state index is 0.198. The lowest BCUT2D eigenvalue weighted by molar-refractivity contribution is 0.0822. The van der Waals surface area contributed by atoms with E-state index in [1.807, 2.05) is 13.8 Å². The molecular formula is C20H23N3O3. The first-order valence-electron chi connectivity index (χ1n) is 8.38. The predicted octanol–water partition coefficient (Wildman–Crippen LogP) is 3.08. The first-order valence-corrected chi connectivity index (χ1v) is 8.38. The maximum atomic E-state index is 12.0. The van der Waals surface area contributed by atoms with E-state index in [0.717, 1.165) is 5.56 Å². The zero-order valence-corrected chi connectivity index (χ0v) is 15.7. The lowest BCUT2D eigenvalue weighted by Gasteiger charge is -2.20. The number of carbonyl (C=O) groups is 1. The summed E-state index contributed by atoms with van der Waals surface area (Å²) in [4.78, 5) is 17.7. The van der Waals surface area contributed by atoms with Crippen LogP contribution >= 0.6 is 0 Å². The largest absolute Gasteiger partial charge is 0.493 e. The van der Waals surface area contributed by atoms with Gasteiger partial charge in [0.15, 0.2) is 0 Å². The van der Waals surface area contributed by atoms with Gasteiger partial charge in [-0.05, 0) is 38.5 Å². The monoisotopic (exact) mass is 353 g/mol. The van der Waals surface area contributed by atoms with Gasteiger partial charge < -0.3 is 14.7 Å². The van der Waals surface area contributed by atoms with Crippen LogP contribution in [0, 0.1) is 18.3 Å². The summed E-state index contributed by atoms with van der Waals surface area (Å²) in [6.07, 6.45) is 0.810. The van der Waals surface area contributed by atoms with Gasteiger partial charge in [-0.25, -0.2) is 0 Å². The van der Waals surface area contributed by atoms with E-state index < -0.39 is 6.10 Å². The first kappa shape index (κ1) is 19.4. The molecule has 0 aliphatic carbocycles. The third-order valence-electron chi connectivity index (χ3n) is 4.03. The molecule has 0 bridgehead atoms. The Hall–Kier alpha value is -2.91. The Morgan fingerprint density at radius 3 is 2.58 bits per heavy atom. The van der Waals surface area contributed by atoms with Crippen LogP contribution in [0.15, 0.2) is 24.4 Å². The van der Waals surface area contributed by atoms with E-state index in [0.29, 0.717) is 40.3 Å². The molecule has 26 heavy (non-hydrogen) atoms. The molecule has 0 fully saturated rings. The van der Waals surface area contributed by atoms with Gasteiger partial charge >= 0.3 is 0 Å². The number of aryl methyl sites for hydroxylation is 1. The van der Waals surface area contributed by atoms with Crippen LogP contribution in [0.25, 0.3) is 11.1 Å². The number of aliphatic hydroxyl groups excluding tert-OH is 1. The smallest absolute Gasteiger partial charge is 0.271 e. The van der Waals surface area contributed by atoms with Crippen molar-refractivity contribution < 1.29 is 14.6 Å². The van der Waals surface area contributed by atoms with Gasteiger partial charge in [-0.15, -0.1) is 0 Å². The molecule has 1 aromatic carbocycles. The molecule has 1 heterocycles. The quantitative estimate of drug-likeness (QED) is 0.893. The summed E-state index contributed by atoms with van der Waals surface area (Å²) in [6, 6.07) is 7.36. The highest BCUT2D eigenvalue weighted by molar-refractivity contribution is 5.92. The molecule has 0 saturated carbocycles. The summed E-state index contributed by atoms with van der Waals surface area (Å²) in [7, 11) is 3.32. The Bertz CT molecular complexity index is 850. The van der Waals surface area contributed by atoms with Crippen molar-refractivity contribution in [2.45, 2.75) is 26.9 Å². The average Bonchev–Trinajstić information content (AvgIpc) is 2.61. The molecule has 1 atom stereocenters. The zero-order valence-electron chi connectivity index (χ0n) is 15.7. The maximum Gasteiger partial charge on any atom is 0.271 e. The maximum absolute atomic E-state index is 12.0. The second kappa shape index (κ2) is 7.98. The topological polar surface area (TPSA) is 86.4 Å². The molecule has 0 aliphatic heterocycles. The Balaban J connectivity index is 2.71. The van der Waals surface area contributed by atoms with Gasteiger partial charge in [-0.1, -0.05) is 6.07 Å². The summed E-state index contributed by atoms with van der Waals surface area (Å²) >= 11 is 0. The Morgan fingerprint density at radius 2 is 2.12 bits per heavy atom. The van der Waals surface area contributed by atoms with Crippen LogP contribution in [0.5, 0.6) is 5.75 Å². The van der Waals surface area contributed by atoms with Crippen molar-refractivity contribution in [3.63, 3.8) is 0 Å². The van der Waals surface area contributed by atoms with E-state index >= 15 is 0 Å². The minimum Gasteiger partial charge on any atom is -0.493 e. The number of aromatic nitrogens is 1. The number of hydrogen-bond acceptors (Lipinski definition) is 5. The second-order valence-electron chi connectivity index (χ2n) is 6.21. The molecule has 6 heteroatoms. The van der Waals surface area contributed by atoms with Crippen LogP contribution in [-0.2, 0) is 0 Å². The van der Waals surface area contributed by atoms with E-state index in [4.69, 9.17) is 4.74 Å². The molecule has 0 spiro atoms. The van der Waals surface area contributed by atoms with E-state index in [2.05, 4.69) is 11.1 Å². The van der Waals surface area contributed by atoms with E-state index in [-0.39, 0.29) is 5.91 Å². The fraction of sp³-hybridized carbons (Fsp3) is 0.350. The van der Waals surface area contributed by atoms with Crippen LogP contribution in [0.2, 0.25) is 0 Å². The van der Waals surface area contributed by atoms with E-state index in [1.165, 1.54) is 4.90 Å². The van der Waals surface area contributed by atoms with Crippen LogP contribution < -0.4 is 4.74 Å². The Labute approximate surface area is 153 Å². The van der Waals surface area contributed by atoms with Gasteiger partial charge in [-0.2, -0.15) is 5.26 Å². The van der Waals surface area contributed by atoms with Crippen molar-refractivity contribution >= 4 is 5.91 Å². The van der Waals surface area contributed by atoms with E-state index in [9.17, 15) is 15.2 Å². The Kier molecular flexibility index (Phi) is 5.96. The number of nitriles is 1. The number of aliphatic hydroxyl groups is 1. The van der Waals surface area contributed by atoms with Gasteiger partial charge in [0.2, 0.25) is 0 Å². The van der Waals surface area contributed by atoms with Crippen LogP contribution in [-0.4, -0.2) is 41.6 Å². The molecule has 2 aromatic rings. The van der Waals surface area contributed by atoms with Crippen LogP contribution in [0.4, 0.5) is 0 Å². The predicted molar refractivity (Wildman–Crippen MR) is 98.9 cm³/mol. The van der Waals surface area contributed by atoms with Crippen molar-refractivity contribution in [1.29, 1.82) is 5.26 Å². The minimum atomic E-state index is -0.746. The van der Waals surface area contributed by atoms with E-state index in [1.54, 1.807) is 45.4 Å². The number of carbonyl (C=O) groups excluding carboxylic acids is 1. The standard InChI is InChI=1S/C20H23N3O3/c1-6-26-19-15(13(3)24)9-12(2)16(10-21)18(19)14-7-8-17(22-11-14)20(25)23(4)5/h7-9,11,13,24H,6H2,1-5H3. The van der Waals surface area contributed by atoms with Gasteiger partial charge in [0.1, 0.15) is 17.5 Å². The fourth-order valence-corrected chi connectivity index (χ4v) is 2.75. The normalized spacial score (nSPS) is 11.6. The van der Waals surface area contributed by atoms with Crippen molar-refractivity contribution in [3.8, 4) is 22.9 Å². The summed E-state index contributed by atoms with van der Waals surface area (Å²) in [5.41, 5.74) is 3.39. The lowest BCUT2D eigenvalue weighted by Crippen LogP contribution is -2.22. The van der Waals surface area contributed by atoms with Crippen molar-refractivity contribution in [2.75, 3.05) is 20.7 Å². The molecule has 1 aromatic heterocycles. The van der Waals surface area contributed by atoms with Crippen molar-refractivity contribution in [3.05, 3.63) is 46.8 Å². The van der Waals surface area contributed by atoms with Gasteiger partial charge in [0.05, 0.1) is 18.3 Å². The summed E-state index contributed by atoms with van der Waals surface area (Å²) in [5, 5.41) is 19.8. The van der Waals surface area contributed by atoms with Gasteiger partial charge in [0, 0.05) is 37.0 Å². The molecule has 0 radical (unpaired) electrons. The first-order chi connectivity index (χ1) is 12.3. The molecule has 1 N–H and O–H groups in total. The molecule has 0 saturated heterocycles. The summed E-state index contributed by atoms with van der Waals surface area (Å²) in [5.74, 6) is 0.272. The Morgan fingerprint density at radius 1 is 1.42 bits per heavy atom.